The van der Waals surface area contributed by atoms with Crippen LogP contribution >= 0.6 is 0 Å². The number of rotatable bonds is 4. The third kappa shape index (κ3) is 4.04. The molecule has 2 N–H and O–H groups in total. The second kappa shape index (κ2) is 7.18. The summed E-state index contributed by atoms with van der Waals surface area (Å²) in [5.74, 6) is -0.168. The zero-order chi connectivity index (χ0) is 17.8. The van der Waals surface area contributed by atoms with Gasteiger partial charge in [0.15, 0.2) is 0 Å². The Balaban J connectivity index is 1.72. The first kappa shape index (κ1) is 16.7. The van der Waals surface area contributed by atoms with E-state index in [1.54, 1.807) is 24.5 Å². The predicted molar refractivity (Wildman–Crippen MR) is 103 cm³/mol. The summed E-state index contributed by atoms with van der Waals surface area (Å²) in [6.07, 6.45) is 3.19. The van der Waals surface area contributed by atoms with Crippen molar-refractivity contribution in [1.82, 2.24) is 4.98 Å². The molecular formula is C21H21N3O. The number of nitrogens with one attached hydrogen (secondary N) is 2. The van der Waals surface area contributed by atoms with E-state index in [9.17, 15) is 4.79 Å². The van der Waals surface area contributed by atoms with Crippen LogP contribution in [0.25, 0.3) is 0 Å². The van der Waals surface area contributed by atoms with Crippen molar-refractivity contribution in [2.75, 3.05) is 10.6 Å². The summed E-state index contributed by atoms with van der Waals surface area (Å²) < 4.78 is 0. The van der Waals surface area contributed by atoms with Gasteiger partial charge in [-0.25, -0.2) is 0 Å². The number of carbonyl (C=O) groups is 1. The van der Waals surface area contributed by atoms with E-state index < -0.39 is 0 Å². The van der Waals surface area contributed by atoms with Crippen LogP contribution in [0.1, 0.15) is 27.0 Å². The fourth-order valence-electron chi connectivity index (χ4n) is 2.86. The van der Waals surface area contributed by atoms with Crippen LogP contribution in [-0.2, 0) is 0 Å². The number of aromatic nitrogens is 1. The Kier molecular flexibility index (Phi) is 4.80. The summed E-state index contributed by atoms with van der Waals surface area (Å²) >= 11 is 0. The number of aryl methyl sites for hydroxylation is 3. The topological polar surface area (TPSA) is 54.0 Å². The molecule has 1 aromatic heterocycles. The van der Waals surface area contributed by atoms with Crippen molar-refractivity contribution in [3.05, 3.63) is 83.2 Å². The van der Waals surface area contributed by atoms with Gasteiger partial charge in [-0.3, -0.25) is 9.78 Å². The molecule has 0 aliphatic rings. The van der Waals surface area contributed by atoms with Gasteiger partial charge in [-0.2, -0.15) is 0 Å². The van der Waals surface area contributed by atoms with E-state index in [4.69, 9.17) is 0 Å². The quantitative estimate of drug-likeness (QED) is 0.707. The SMILES string of the molecule is Cc1cc(C)c(Nc2ccc(NC(=O)c3cccnc3)cc2)c(C)c1. The second-order valence-corrected chi connectivity index (χ2v) is 6.17. The predicted octanol–water partition coefficient (Wildman–Crippen LogP) is 5.00. The highest BCUT2D eigenvalue weighted by atomic mass is 16.1. The minimum atomic E-state index is -0.168. The van der Waals surface area contributed by atoms with Crippen molar-refractivity contribution in [3.63, 3.8) is 0 Å². The highest BCUT2D eigenvalue weighted by molar-refractivity contribution is 6.04. The summed E-state index contributed by atoms with van der Waals surface area (Å²) in [5, 5.41) is 6.33. The highest BCUT2D eigenvalue weighted by Gasteiger charge is 2.07. The van der Waals surface area contributed by atoms with E-state index >= 15 is 0 Å². The zero-order valence-electron chi connectivity index (χ0n) is 14.6. The molecule has 0 bridgehead atoms. The molecule has 126 valence electrons. The first-order chi connectivity index (χ1) is 12.0. The molecule has 0 aliphatic heterocycles. The molecule has 4 heteroatoms. The van der Waals surface area contributed by atoms with Gasteiger partial charge < -0.3 is 10.6 Å². The Morgan fingerprint density at radius 2 is 1.56 bits per heavy atom. The third-order valence-corrected chi connectivity index (χ3v) is 4.01. The molecule has 4 nitrogen and oxygen atoms in total. The van der Waals surface area contributed by atoms with Crippen molar-refractivity contribution >= 4 is 23.0 Å². The van der Waals surface area contributed by atoms with Gasteiger partial charge in [0.25, 0.3) is 5.91 Å². The Bertz CT molecular complexity index is 864. The molecule has 0 spiro atoms. The molecule has 25 heavy (non-hydrogen) atoms. The van der Waals surface area contributed by atoms with Crippen LogP contribution < -0.4 is 10.6 Å². The second-order valence-electron chi connectivity index (χ2n) is 6.17. The van der Waals surface area contributed by atoms with Gasteiger partial charge in [-0.15, -0.1) is 0 Å². The Hall–Kier alpha value is -3.14. The van der Waals surface area contributed by atoms with Crippen LogP contribution in [0.3, 0.4) is 0 Å². The maximum Gasteiger partial charge on any atom is 0.257 e. The van der Waals surface area contributed by atoms with Gasteiger partial charge in [-0.1, -0.05) is 17.7 Å². The summed E-state index contributed by atoms with van der Waals surface area (Å²) in [5.41, 5.74) is 7.08. The Morgan fingerprint density at radius 3 is 2.16 bits per heavy atom. The first-order valence-electron chi connectivity index (χ1n) is 8.19. The molecule has 2 aromatic carbocycles. The number of anilines is 3. The van der Waals surface area contributed by atoms with Crippen LogP contribution in [0, 0.1) is 20.8 Å². The van der Waals surface area contributed by atoms with E-state index in [0.29, 0.717) is 5.56 Å². The van der Waals surface area contributed by atoms with Crippen molar-refractivity contribution in [2.24, 2.45) is 0 Å². The number of hydrogen-bond donors (Lipinski definition) is 2. The van der Waals surface area contributed by atoms with E-state index in [2.05, 4.69) is 48.5 Å². The smallest absolute Gasteiger partial charge is 0.257 e. The van der Waals surface area contributed by atoms with Gasteiger partial charge in [0.05, 0.1) is 5.56 Å². The average Bonchev–Trinajstić information content (AvgIpc) is 2.60. The fourth-order valence-corrected chi connectivity index (χ4v) is 2.86. The number of pyridine rings is 1. The van der Waals surface area contributed by atoms with Crippen LogP contribution in [0.2, 0.25) is 0 Å². The normalized spacial score (nSPS) is 10.4. The third-order valence-electron chi connectivity index (χ3n) is 4.01. The van der Waals surface area contributed by atoms with Crippen LogP contribution in [0.4, 0.5) is 17.1 Å². The molecule has 0 saturated heterocycles. The van der Waals surface area contributed by atoms with Crippen LogP contribution in [-0.4, -0.2) is 10.9 Å². The number of carbonyl (C=O) groups excluding carboxylic acids is 1. The average molecular weight is 331 g/mol. The van der Waals surface area contributed by atoms with Gasteiger partial charge in [0.2, 0.25) is 0 Å². The van der Waals surface area contributed by atoms with Crippen molar-refractivity contribution < 1.29 is 4.79 Å². The lowest BCUT2D eigenvalue weighted by Gasteiger charge is -2.14. The molecule has 3 aromatic rings. The van der Waals surface area contributed by atoms with E-state index in [-0.39, 0.29) is 5.91 Å². The molecule has 1 amide bonds. The molecule has 3 rings (SSSR count). The lowest BCUT2D eigenvalue weighted by molar-refractivity contribution is 0.102. The monoisotopic (exact) mass is 331 g/mol. The Labute approximate surface area is 147 Å². The van der Waals surface area contributed by atoms with Gasteiger partial charge in [-0.05, 0) is 68.3 Å². The number of hydrogen-bond acceptors (Lipinski definition) is 3. The number of benzene rings is 2. The lowest BCUT2D eigenvalue weighted by atomic mass is 10.0. The Morgan fingerprint density at radius 1 is 0.920 bits per heavy atom. The summed E-state index contributed by atoms with van der Waals surface area (Å²) in [4.78, 5) is 16.1. The number of nitrogens with zero attached hydrogens (tertiary/aromatic N) is 1. The van der Waals surface area contributed by atoms with Crippen molar-refractivity contribution in [2.45, 2.75) is 20.8 Å². The van der Waals surface area contributed by atoms with Crippen molar-refractivity contribution in [3.8, 4) is 0 Å². The van der Waals surface area contributed by atoms with E-state index in [0.717, 1.165) is 17.1 Å². The number of amides is 1. The van der Waals surface area contributed by atoms with E-state index in [1.165, 1.54) is 16.7 Å². The minimum Gasteiger partial charge on any atom is -0.355 e. The summed E-state index contributed by atoms with van der Waals surface area (Å²) in [6.45, 7) is 6.30. The van der Waals surface area contributed by atoms with Crippen LogP contribution in [0.5, 0.6) is 0 Å². The first-order valence-corrected chi connectivity index (χ1v) is 8.19. The van der Waals surface area contributed by atoms with Gasteiger partial charge in [0, 0.05) is 29.5 Å². The van der Waals surface area contributed by atoms with E-state index in [1.807, 2.05) is 24.3 Å². The molecule has 0 saturated carbocycles. The molecule has 0 fully saturated rings. The standard InChI is InChI=1S/C21H21N3O/c1-14-11-15(2)20(16(3)12-14)23-18-6-8-19(9-7-18)24-21(25)17-5-4-10-22-13-17/h4-13,23H,1-3H3,(H,24,25). The molecule has 0 aliphatic carbocycles. The fraction of sp³-hybridized carbons (Fsp3) is 0.143. The zero-order valence-corrected chi connectivity index (χ0v) is 14.6. The largest absolute Gasteiger partial charge is 0.355 e. The summed E-state index contributed by atoms with van der Waals surface area (Å²) in [7, 11) is 0. The maximum atomic E-state index is 12.1. The van der Waals surface area contributed by atoms with Gasteiger partial charge in [0.1, 0.15) is 0 Å². The molecular weight excluding hydrogens is 310 g/mol. The van der Waals surface area contributed by atoms with Crippen molar-refractivity contribution in [1.29, 1.82) is 0 Å². The molecule has 0 atom stereocenters. The maximum absolute atomic E-state index is 12.1. The van der Waals surface area contributed by atoms with Crippen LogP contribution in [0.15, 0.2) is 60.9 Å². The molecule has 1 heterocycles. The summed E-state index contributed by atoms with van der Waals surface area (Å²) in [6, 6.07) is 15.5. The van der Waals surface area contributed by atoms with Gasteiger partial charge >= 0.3 is 0 Å². The minimum absolute atomic E-state index is 0.168. The highest BCUT2D eigenvalue weighted by Crippen LogP contribution is 2.26. The molecule has 0 unspecified atom stereocenters. The lowest BCUT2D eigenvalue weighted by Crippen LogP contribution is -2.11. The molecule has 0 radical (unpaired) electrons.